The minimum atomic E-state index is -4.47. The SMILES string of the molecule is COc1c(S(=O)(=O)NC(c2n[nH]c(=O)o2)C(C)c2c(F)ccc(C)c2C)ccc(Cl)c1C(C)(C)OC(C)=O. The fourth-order valence-electron chi connectivity index (χ4n) is 4.43. The maximum atomic E-state index is 15.0. The van der Waals surface area contributed by atoms with Gasteiger partial charge in [-0.3, -0.25) is 4.79 Å². The number of sulfonamides is 1. The zero-order chi connectivity index (χ0) is 28.6. The molecule has 0 radical (unpaired) electrons. The van der Waals surface area contributed by atoms with Gasteiger partial charge in [-0.15, -0.1) is 5.10 Å². The number of methoxy groups -OCH3 is 1. The number of ether oxygens (including phenoxy) is 2. The van der Waals surface area contributed by atoms with Crippen LogP contribution >= 0.6 is 11.6 Å². The minimum Gasteiger partial charge on any atom is -0.495 e. The molecule has 2 atom stereocenters. The molecule has 1 heterocycles. The van der Waals surface area contributed by atoms with Gasteiger partial charge in [-0.25, -0.2) is 22.7 Å². The number of hydrogen-bond acceptors (Lipinski definition) is 8. The topological polar surface area (TPSA) is 141 Å². The van der Waals surface area contributed by atoms with Crippen molar-refractivity contribution in [1.82, 2.24) is 14.9 Å². The van der Waals surface area contributed by atoms with Gasteiger partial charge in [-0.2, -0.15) is 4.72 Å². The number of carbonyl (C=O) groups excluding carboxylic acids is 1. The van der Waals surface area contributed by atoms with E-state index >= 15 is 0 Å². The van der Waals surface area contributed by atoms with Gasteiger partial charge in [0.25, 0.3) is 0 Å². The van der Waals surface area contributed by atoms with Gasteiger partial charge in [0.2, 0.25) is 15.9 Å². The largest absolute Gasteiger partial charge is 0.495 e. The Bertz CT molecular complexity index is 1530. The molecular formula is C25H29ClFN3O7S. The Morgan fingerprint density at radius 3 is 2.45 bits per heavy atom. The number of aromatic nitrogens is 2. The van der Waals surface area contributed by atoms with Crippen LogP contribution in [0.4, 0.5) is 4.39 Å². The van der Waals surface area contributed by atoms with Crippen LogP contribution in [0.2, 0.25) is 5.02 Å². The molecule has 206 valence electrons. The molecule has 3 rings (SSSR count). The van der Waals surface area contributed by atoms with E-state index in [0.717, 1.165) is 5.56 Å². The summed E-state index contributed by atoms with van der Waals surface area (Å²) in [6.45, 7) is 9.37. The maximum Gasteiger partial charge on any atom is 0.434 e. The predicted molar refractivity (Wildman–Crippen MR) is 137 cm³/mol. The molecule has 3 aromatic rings. The zero-order valence-corrected chi connectivity index (χ0v) is 23.5. The number of nitrogens with one attached hydrogen (secondary N) is 2. The Labute approximate surface area is 224 Å². The lowest BCUT2D eigenvalue weighted by molar-refractivity contribution is -0.154. The second-order valence-electron chi connectivity index (χ2n) is 9.30. The lowest BCUT2D eigenvalue weighted by atomic mass is 9.88. The van der Waals surface area contributed by atoms with Crippen LogP contribution in [-0.2, 0) is 25.2 Å². The van der Waals surface area contributed by atoms with Crippen molar-refractivity contribution < 1.29 is 31.5 Å². The average molecular weight is 570 g/mol. The summed E-state index contributed by atoms with van der Waals surface area (Å²) in [5.74, 6) is -3.41. The summed E-state index contributed by atoms with van der Waals surface area (Å²) in [5, 5.41) is 6.02. The summed E-state index contributed by atoms with van der Waals surface area (Å²) in [6, 6.07) is 4.14. The van der Waals surface area contributed by atoms with Gasteiger partial charge in [-0.1, -0.05) is 24.6 Å². The molecule has 2 aromatic carbocycles. The van der Waals surface area contributed by atoms with Crippen LogP contribution in [0.15, 0.2) is 38.4 Å². The summed E-state index contributed by atoms with van der Waals surface area (Å²) in [4.78, 5) is 23.1. The van der Waals surface area contributed by atoms with E-state index in [-0.39, 0.29) is 32.7 Å². The molecule has 1 aromatic heterocycles. The first-order chi connectivity index (χ1) is 17.6. The van der Waals surface area contributed by atoms with E-state index in [4.69, 9.17) is 25.5 Å². The van der Waals surface area contributed by atoms with Crippen molar-refractivity contribution in [3.8, 4) is 5.75 Å². The second kappa shape index (κ2) is 10.9. The van der Waals surface area contributed by atoms with Crippen molar-refractivity contribution in [3.63, 3.8) is 0 Å². The van der Waals surface area contributed by atoms with Gasteiger partial charge < -0.3 is 13.9 Å². The predicted octanol–water partition coefficient (Wildman–Crippen LogP) is 4.40. The van der Waals surface area contributed by atoms with Crippen LogP contribution in [-0.4, -0.2) is 31.7 Å². The smallest absolute Gasteiger partial charge is 0.434 e. The number of aryl methyl sites for hydroxylation is 1. The zero-order valence-electron chi connectivity index (χ0n) is 21.9. The van der Waals surface area contributed by atoms with E-state index in [1.807, 2.05) is 0 Å². The molecule has 13 heteroatoms. The van der Waals surface area contributed by atoms with Gasteiger partial charge in [0.1, 0.15) is 28.1 Å². The molecule has 0 saturated carbocycles. The number of nitrogens with zero attached hydrogens (tertiary/aromatic N) is 1. The molecule has 0 bridgehead atoms. The molecule has 2 unspecified atom stereocenters. The number of H-pyrrole nitrogens is 1. The molecule has 0 amide bonds. The number of rotatable bonds is 9. The van der Waals surface area contributed by atoms with Crippen LogP contribution in [0.5, 0.6) is 5.75 Å². The fourth-order valence-corrected chi connectivity index (χ4v) is 6.25. The van der Waals surface area contributed by atoms with Gasteiger partial charge in [0.15, 0.2) is 0 Å². The number of benzene rings is 2. The van der Waals surface area contributed by atoms with Gasteiger partial charge in [-0.05, 0) is 62.6 Å². The standard InChI is InChI=1S/C25H29ClFN3O7S/c1-12-8-10-17(27)19(13(12)2)14(3)21(23-28-29-24(32)36-23)30-38(33,34)18-11-9-16(26)20(22(18)35-7)25(5,6)37-15(4)31/h8-11,14,21,30H,1-7H3,(H,29,32). The van der Waals surface area contributed by atoms with E-state index < -0.39 is 45.1 Å². The number of esters is 1. The molecule has 2 N–H and O–H groups in total. The van der Waals surface area contributed by atoms with Gasteiger partial charge >= 0.3 is 11.7 Å². The highest BCUT2D eigenvalue weighted by Crippen LogP contribution is 2.43. The molecule has 0 aliphatic rings. The highest BCUT2D eigenvalue weighted by atomic mass is 35.5. The third-order valence-corrected chi connectivity index (χ3v) is 8.04. The van der Waals surface area contributed by atoms with E-state index in [0.29, 0.717) is 5.56 Å². The van der Waals surface area contributed by atoms with Gasteiger partial charge in [0, 0.05) is 12.8 Å². The quantitative estimate of drug-likeness (QED) is 0.361. The van der Waals surface area contributed by atoms with Crippen molar-refractivity contribution in [2.75, 3.05) is 7.11 Å². The summed E-state index contributed by atoms with van der Waals surface area (Å²) >= 11 is 6.39. The van der Waals surface area contributed by atoms with E-state index in [1.54, 1.807) is 26.8 Å². The Morgan fingerprint density at radius 1 is 1.24 bits per heavy atom. The average Bonchev–Trinajstić information content (AvgIpc) is 3.24. The Kier molecular flexibility index (Phi) is 8.39. The summed E-state index contributed by atoms with van der Waals surface area (Å²) in [5.41, 5.74) is 0.381. The molecule has 0 fully saturated rings. The lowest BCUT2D eigenvalue weighted by Crippen LogP contribution is -2.34. The summed E-state index contributed by atoms with van der Waals surface area (Å²) < 4.78 is 61.0. The lowest BCUT2D eigenvalue weighted by Gasteiger charge is -2.29. The van der Waals surface area contributed by atoms with Crippen LogP contribution in [0.25, 0.3) is 0 Å². The number of aromatic amines is 1. The Balaban J connectivity index is 2.19. The minimum absolute atomic E-state index is 0.104. The summed E-state index contributed by atoms with van der Waals surface area (Å²) in [7, 11) is -3.22. The molecule has 10 nitrogen and oxygen atoms in total. The Morgan fingerprint density at radius 2 is 1.89 bits per heavy atom. The summed E-state index contributed by atoms with van der Waals surface area (Å²) in [6.07, 6.45) is 0. The van der Waals surface area contributed by atoms with Crippen LogP contribution in [0, 0.1) is 19.7 Å². The highest BCUT2D eigenvalue weighted by molar-refractivity contribution is 7.89. The normalized spacial score (nSPS) is 13.7. The third kappa shape index (κ3) is 5.77. The molecular weight excluding hydrogens is 541 g/mol. The van der Waals surface area contributed by atoms with Crippen LogP contribution in [0.3, 0.4) is 0 Å². The van der Waals surface area contributed by atoms with Crippen molar-refractivity contribution in [2.24, 2.45) is 0 Å². The van der Waals surface area contributed by atoms with E-state index in [1.165, 1.54) is 46.1 Å². The molecule has 0 spiro atoms. The second-order valence-corrected chi connectivity index (χ2v) is 11.4. The molecule has 0 aliphatic heterocycles. The molecule has 0 saturated heterocycles. The number of hydrogen-bond donors (Lipinski definition) is 2. The first-order valence-corrected chi connectivity index (χ1v) is 13.4. The number of carbonyl (C=O) groups is 1. The van der Waals surface area contributed by atoms with E-state index in [9.17, 15) is 22.4 Å². The molecule has 38 heavy (non-hydrogen) atoms. The van der Waals surface area contributed by atoms with Crippen molar-refractivity contribution in [2.45, 2.75) is 64.0 Å². The third-order valence-electron chi connectivity index (χ3n) is 6.26. The molecule has 0 aliphatic carbocycles. The Hall–Kier alpha value is -3.22. The van der Waals surface area contributed by atoms with Gasteiger partial charge in [0.05, 0.1) is 17.7 Å². The first-order valence-electron chi connectivity index (χ1n) is 11.5. The van der Waals surface area contributed by atoms with Crippen molar-refractivity contribution in [3.05, 3.63) is 73.8 Å². The first kappa shape index (κ1) is 29.3. The monoisotopic (exact) mass is 569 g/mol. The number of halogens is 2. The maximum absolute atomic E-state index is 15.0. The van der Waals surface area contributed by atoms with E-state index in [2.05, 4.69) is 14.9 Å². The highest BCUT2D eigenvalue weighted by Gasteiger charge is 2.38. The van der Waals surface area contributed by atoms with Crippen molar-refractivity contribution >= 4 is 27.6 Å². The van der Waals surface area contributed by atoms with Crippen LogP contribution < -0.4 is 15.2 Å². The van der Waals surface area contributed by atoms with Crippen LogP contribution in [0.1, 0.15) is 67.8 Å². The fraction of sp³-hybridized carbons (Fsp3) is 0.400. The van der Waals surface area contributed by atoms with Crippen molar-refractivity contribution in [1.29, 1.82) is 0 Å².